The summed E-state index contributed by atoms with van der Waals surface area (Å²) in [5.41, 5.74) is 0. The molecule has 0 aromatic rings. The van der Waals surface area contributed by atoms with E-state index in [1.54, 1.807) is 0 Å². The fourth-order valence-electron chi connectivity index (χ4n) is 3.69. The van der Waals surface area contributed by atoms with Crippen molar-refractivity contribution >= 4 is 36.7 Å². The summed E-state index contributed by atoms with van der Waals surface area (Å²) >= 11 is 0. The predicted molar refractivity (Wildman–Crippen MR) is 123 cm³/mol. The lowest BCUT2D eigenvalue weighted by Crippen LogP contribution is -2.57. The van der Waals surface area contributed by atoms with Gasteiger partial charge in [0.15, 0.2) is 0 Å². The quantitative estimate of drug-likeness (QED) is 0.164. The first-order valence-corrected chi connectivity index (χ1v) is 11.5. The second-order valence-corrected chi connectivity index (χ2v) is 8.94. The molecule has 12 nitrogen and oxygen atoms in total. The van der Waals surface area contributed by atoms with Crippen LogP contribution in [0.25, 0.3) is 0 Å². The van der Waals surface area contributed by atoms with E-state index in [2.05, 4.69) is 20.7 Å². The molecular weight excluding hydrogens is 447 g/mol. The van der Waals surface area contributed by atoms with Crippen molar-refractivity contribution in [1.29, 1.82) is 0 Å². The molecule has 0 aromatic heterocycles. The molecule has 1 heterocycles. The van der Waals surface area contributed by atoms with Crippen molar-refractivity contribution in [1.82, 2.24) is 20.9 Å². The van der Waals surface area contributed by atoms with Crippen LogP contribution in [0, 0.1) is 5.92 Å². The monoisotopic (exact) mass is 484 g/mol. The molecule has 1 saturated heterocycles. The number of carbonyl (C=O) groups excluding carboxylic acids is 5. The van der Waals surface area contributed by atoms with Gasteiger partial charge in [-0.25, -0.2) is 0 Å². The Kier molecular flexibility index (Phi) is 12.0. The molecule has 1 rings (SSSR count). The lowest BCUT2D eigenvalue weighted by molar-refractivity contribution is -0.142. The zero-order chi connectivity index (χ0) is 26.0. The Bertz CT molecular complexity index is 748. The van der Waals surface area contributed by atoms with Crippen LogP contribution < -0.4 is 16.0 Å². The molecular formula is C21H37BN4O8. The molecule has 1 aliphatic heterocycles. The van der Waals surface area contributed by atoms with Gasteiger partial charge >= 0.3 is 13.1 Å². The number of methoxy groups -OCH3 is 1. The summed E-state index contributed by atoms with van der Waals surface area (Å²) in [4.78, 5) is 62.5. The van der Waals surface area contributed by atoms with Crippen LogP contribution in [0.15, 0.2) is 0 Å². The number of nitrogens with zero attached hydrogens (tertiary/aromatic N) is 1. The Balaban J connectivity index is 2.66. The topological polar surface area (TPSA) is 174 Å². The Morgan fingerprint density at radius 3 is 2.21 bits per heavy atom. The largest absolute Gasteiger partial charge is 0.475 e. The van der Waals surface area contributed by atoms with E-state index in [9.17, 15) is 34.0 Å². The van der Waals surface area contributed by atoms with Gasteiger partial charge in [-0.1, -0.05) is 13.8 Å². The van der Waals surface area contributed by atoms with Gasteiger partial charge in [0.25, 0.3) is 0 Å². The molecule has 5 N–H and O–H groups in total. The number of carbonyl (C=O) groups is 5. The van der Waals surface area contributed by atoms with Gasteiger partial charge in [0.05, 0.1) is 19.5 Å². The van der Waals surface area contributed by atoms with Crippen molar-refractivity contribution in [2.75, 3.05) is 13.7 Å². The van der Waals surface area contributed by atoms with E-state index in [1.807, 2.05) is 13.8 Å². The average Bonchev–Trinajstić information content (AvgIpc) is 3.25. The molecule has 4 unspecified atom stereocenters. The summed E-state index contributed by atoms with van der Waals surface area (Å²) in [5, 5.41) is 26.7. The van der Waals surface area contributed by atoms with Crippen LogP contribution in [-0.4, -0.2) is 89.4 Å². The number of hydrogen-bond acceptors (Lipinski definition) is 8. The number of rotatable bonds is 12. The zero-order valence-corrected chi connectivity index (χ0v) is 20.5. The van der Waals surface area contributed by atoms with Gasteiger partial charge in [-0.15, -0.1) is 0 Å². The van der Waals surface area contributed by atoms with E-state index in [0.717, 1.165) is 0 Å². The highest BCUT2D eigenvalue weighted by atomic mass is 16.5. The van der Waals surface area contributed by atoms with Crippen LogP contribution in [0.2, 0.25) is 0 Å². The summed E-state index contributed by atoms with van der Waals surface area (Å²) in [7, 11) is -0.511. The Labute approximate surface area is 200 Å². The van der Waals surface area contributed by atoms with Crippen molar-refractivity contribution in [3.05, 3.63) is 0 Å². The van der Waals surface area contributed by atoms with Gasteiger partial charge in [-0.2, -0.15) is 0 Å². The molecule has 0 spiro atoms. The maximum Gasteiger partial charge on any atom is 0.475 e. The molecule has 4 amide bonds. The van der Waals surface area contributed by atoms with Crippen molar-refractivity contribution < 1.29 is 38.8 Å². The zero-order valence-electron chi connectivity index (χ0n) is 20.5. The standard InChI is InChI=1S/C21H37BN4O8/c1-12(2)11-16(22(32)33)25-20(30)15-7-6-10-26(15)21(31)14(4)24-19(29)13(3)23-17(27)8-9-18(28)34-5/h12-16,32-33H,6-11H2,1-5H3,(H,23,27)(H,24,29)(H,25,30). The molecule has 4 atom stereocenters. The minimum absolute atomic E-state index is 0.116. The maximum atomic E-state index is 12.9. The Hall–Kier alpha value is -2.67. The van der Waals surface area contributed by atoms with E-state index >= 15 is 0 Å². The van der Waals surface area contributed by atoms with Gasteiger partial charge in [0.2, 0.25) is 23.6 Å². The van der Waals surface area contributed by atoms with Crippen molar-refractivity contribution in [2.45, 2.75) is 83.9 Å². The first-order valence-electron chi connectivity index (χ1n) is 11.5. The smallest absolute Gasteiger partial charge is 0.469 e. The summed E-state index contributed by atoms with van der Waals surface area (Å²) in [5.74, 6) is -3.31. The number of amides is 4. The number of hydrogen-bond donors (Lipinski definition) is 5. The molecule has 1 fully saturated rings. The number of likely N-dealkylation sites (tertiary alicyclic amines) is 1. The van der Waals surface area contributed by atoms with Gasteiger partial charge < -0.3 is 35.6 Å². The summed E-state index contributed by atoms with van der Waals surface area (Å²) in [6, 6.07) is -2.68. The van der Waals surface area contributed by atoms with E-state index in [-0.39, 0.29) is 18.8 Å². The SMILES string of the molecule is COC(=O)CCC(=O)NC(C)C(=O)NC(C)C(=O)N1CCCC1C(=O)NC(CC(C)C)B(O)O. The Morgan fingerprint density at radius 2 is 1.65 bits per heavy atom. The van der Waals surface area contributed by atoms with Gasteiger partial charge in [0, 0.05) is 13.0 Å². The van der Waals surface area contributed by atoms with Crippen LogP contribution in [0.3, 0.4) is 0 Å². The lowest BCUT2D eigenvalue weighted by atomic mass is 9.75. The maximum absolute atomic E-state index is 12.9. The predicted octanol–water partition coefficient (Wildman–Crippen LogP) is -1.52. The second kappa shape index (κ2) is 13.9. The van der Waals surface area contributed by atoms with Gasteiger partial charge in [0.1, 0.15) is 18.1 Å². The molecule has 0 saturated carbocycles. The van der Waals surface area contributed by atoms with E-state index < -0.39 is 60.8 Å². The van der Waals surface area contributed by atoms with E-state index in [4.69, 9.17) is 0 Å². The van der Waals surface area contributed by atoms with Crippen LogP contribution in [-0.2, 0) is 28.7 Å². The molecule has 13 heteroatoms. The lowest BCUT2D eigenvalue weighted by Gasteiger charge is -2.29. The van der Waals surface area contributed by atoms with Crippen LogP contribution in [0.5, 0.6) is 0 Å². The first kappa shape index (κ1) is 29.4. The van der Waals surface area contributed by atoms with Crippen LogP contribution in [0.4, 0.5) is 0 Å². The minimum atomic E-state index is -1.72. The fraction of sp³-hybridized carbons (Fsp3) is 0.762. The molecule has 0 radical (unpaired) electrons. The van der Waals surface area contributed by atoms with Gasteiger partial charge in [-0.3, -0.25) is 24.0 Å². The summed E-state index contributed by atoms with van der Waals surface area (Å²) in [6.07, 6.45) is 1.12. The normalized spacial score (nSPS) is 18.0. The molecule has 0 bridgehead atoms. The molecule has 34 heavy (non-hydrogen) atoms. The highest BCUT2D eigenvalue weighted by Gasteiger charge is 2.38. The van der Waals surface area contributed by atoms with E-state index in [1.165, 1.54) is 25.9 Å². The second-order valence-electron chi connectivity index (χ2n) is 8.94. The third-order valence-electron chi connectivity index (χ3n) is 5.54. The van der Waals surface area contributed by atoms with Crippen molar-refractivity contribution in [3.63, 3.8) is 0 Å². The molecule has 0 aromatic carbocycles. The molecule has 1 aliphatic rings. The Morgan fingerprint density at radius 1 is 1.00 bits per heavy atom. The van der Waals surface area contributed by atoms with Gasteiger partial charge in [-0.05, 0) is 39.0 Å². The van der Waals surface area contributed by atoms with Crippen LogP contribution in [0.1, 0.15) is 59.8 Å². The molecule has 192 valence electrons. The fourth-order valence-corrected chi connectivity index (χ4v) is 3.69. The number of esters is 1. The molecule has 0 aliphatic carbocycles. The highest BCUT2D eigenvalue weighted by Crippen LogP contribution is 2.19. The number of nitrogens with one attached hydrogen (secondary N) is 3. The van der Waals surface area contributed by atoms with Crippen molar-refractivity contribution in [2.24, 2.45) is 5.92 Å². The average molecular weight is 484 g/mol. The summed E-state index contributed by atoms with van der Waals surface area (Å²) in [6.45, 7) is 7.04. The summed E-state index contributed by atoms with van der Waals surface area (Å²) < 4.78 is 4.46. The number of ether oxygens (including phenoxy) is 1. The third-order valence-corrected chi connectivity index (χ3v) is 5.54. The highest BCUT2D eigenvalue weighted by molar-refractivity contribution is 6.43. The minimum Gasteiger partial charge on any atom is -0.469 e. The van der Waals surface area contributed by atoms with Crippen LogP contribution >= 0.6 is 0 Å². The van der Waals surface area contributed by atoms with Crippen molar-refractivity contribution in [3.8, 4) is 0 Å². The third kappa shape index (κ3) is 9.30. The van der Waals surface area contributed by atoms with E-state index in [0.29, 0.717) is 25.8 Å². The first-order chi connectivity index (χ1) is 15.9.